The maximum absolute atomic E-state index is 11.4. The molecular weight excluding hydrogens is 252 g/mol. The Hall–Kier alpha value is -1.37. The summed E-state index contributed by atoms with van der Waals surface area (Å²) in [6.45, 7) is 3.97. The molecule has 0 aliphatic carbocycles. The zero-order valence-corrected chi connectivity index (χ0v) is 11.3. The van der Waals surface area contributed by atoms with Crippen LogP contribution in [0.25, 0.3) is 0 Å². The molecule has 2 rings (SSSR count). The topological polar surface area (TPSA) is 75.2 Å². The van der Waals surface area contributed by atoms with E-state index in [1.807, 2.05) is 11.0 Å². The van der Waals surface area contributed by atoms with Crippen molar-refractivity contribution in [3.8, 4) is 0 Å². The smallest absolute Gasteiger partial charge is 0.153 e. The lowest BCUT2D eigenvalue weighted by molar-refractivity contribution is 0.586. The van der Waals surface area contributed by atoms with Crippen molar-refractivity contribution in [3.63, 3.8) is 0 Å². The van der Waals surface area contributed by atoms with Crippen LogP contribution in [0.15, 0.2) is 12.4 Å². The predicted octanol–water partition coefficient (Wildman–Crippen LogP) is 0.533. The highest BCUT2D eigenvalue weighted by molar-refractivity contribution is 7.91. The van der Waals surface area contributed by atoms with Crippen LogP contribution in [0, 0.1) is 0 Å². The normalized spacial score (nSPS) is 18.6. The second-order valence-electron chi connectivity index (χ2n) is 4.33. The zero-order valence-electron chi connectivity index (χ0n) is 10.5. The molecule has 0 radical (unpaired) electrons. The molecule has 0 aromatic carbocycles. The summed E-state index contributed by atoms with van der Waals surface area (Å²) in [5.41, 5.74) is 0. The van der Waals surface area contributed by atoms with E-state index in [0.717, 1.165) is 24.6 Å². The van der Waals surface area contributed by atoms with Crippen LogP contribution < -0.4 is 10.2 Å². The van der Waals surface area contributed by atoms with E-state index in [2.05, 4.69) is 22.2 Å². The van der Waals surface area contributed by atoms with E-state index in [0.29, 0.717) is 13.1 Å². The molecule has 100 valence electrons. The Morgan fingerprint density at radius 2 is 2.06 bits per heavy atom. The molecule has 7 heteroatoms. The number of anilines is 2. The predicted molar refractivity (Wildman–Crippen MR) is 71.7 cm³/mol. The summed E-state index contributed by atoms with van der Waals surface area (Å²) in [4.78, 5) is 10.3. The molecule has 1 aliphatic rings. The number of nitrogens with one attached hydrogen (secondary N) is 1. The molecule has 1 fully saturated rings. The van der Waals surface area contributed by atoms with Crippen LogP contribution in [0.5, 0.6) is 0 Å². The maximum atomic E-state index is 11.4. The molecule has 0 spiro atoms. The van der Waals surface area contributed by atoms with Crippen molar-refractivity contribution in [2.75, 3.05) is 41.4 Å². The van der Waals surface area contributed by atoms with Crippen molar-refractivity contribution in [2.24, 2.45) is 0 Å². The van der Waals surface area contributed by atoms with E-state index in [9.17, 15) is 8.42 Å². The molecule has 1 N–H and O–H groups in total. The average Bonchev–Trinajstić information content (AvgIpc) is 2.37. The number of rotatable bonds is 4. The van der Waals surface area contributed by atoms with Crippen LogP contribution in [0.4, 0.5) is 11.6 Å². The number of aromatic nitrogens is 2. The van der Waals surface area contributed by atoms with Crippen LogP contribution in [0.2, 0.25) is 0 Å². The molecule has 18 heavy (non-hydrogen) atoms. The summed E-state index contributed by atoms with van der Waals surface area (Å²) in [7, 11) is -2.85. The van der Waals surface area contributed by atoms with Crippen LogP contribution in [0.3, 0.4) is 0 Å². The Kier molecular flexibility index (Phi) is 4.00. The van der Waals surface area contributed by atoms with Gasteiger partial charge in [0.15, 0.2) is 9.84 Å². The van der Waals surface area contributed by atoms with Gasteiger partial charge in [-0.2, -0.15) is 0 Å². The van der Waals surface area contributed by atoms with Gasteiger partial charge in [-0.15, -0.1) is 0 Å². The Balaban J connectivity index is 2.05. The largest absolute Gasteiger partial charge is 0.370 e. The molecular formula is C11H18N4O2S. The quantitative estimate of drug-likeness (QED) is 0.860. The van der Waals surface area contributed by atoms with Crippen molar-refractivity contribution in [3.05, 3.63) is 12.4 Å². The fourth-order valence-corrected chi connectivity index (χ4v) is 3.01. The standard InChI is InChI=1S/C11H18N4O2S/c1-2-3-12-10-8-11(14-9-13-10)15-4-6-18(16,17)7-5-15/h8-9H,2-7H2,1H3,(H,12,13,14). The summed E-state index contributed by atoms with van der Waals surface area (Å²) in [5.74, 6) is 1.98. The van der Waals surface area contributed by atoms with E-state index in [1.54, 1.807) is 0 Å². The molecule has 0 amide bonds. The van der Waals surface area contributed by atoms with E-state index < -0.39 is 9.84 Å². The fourth-order valence-electron chi connectivity index (χ4n) is 1.81. The van der Waals surface area contributed by atoms with E-state index in [-0.39, 0.29) is 11.5 Å². The third-order valence-electron chi connectivity index (χ3n) is 2.88. The minimum Gasteiger partial charge on any atom is -0.370 e. The summed E-state index contributed by atoms with van der Waals surface area (Å²) < 4.78 is 22.7. The first kappa shape index (κ1) is 13.1. The first-order chi connectivity index (χ1) is 8.61. The average molecular weight is 270 g/mol. The second-order valence-corrected chi connectivity index (χ2v) is 6.63. The molecule has 1 aromatic heterocycles. The van der Waals surface area contributed by atoms with E-state index in [4.69, 9.17) is 0 Å². The van der Waals surface area contributed by atoms with E-state index in [1.165, 1.54) is 6.33 Å². The van der Waals surface area contributed by atoms with Gasteiger partial charge in [0, 0.05) is 25.7 Å². The lowest BCUT2D eigenvalue weighted by Crippen LogP contribution is -2.40. The lowest BCUT2D eigenvalue weighted by atomic mass is 10.4. The Labute approximate surface area is 107 Å². The fraction of sp³-hybridized carbons (Fsp3) is 0.636. The van der Waals surface area contributed by atoms with Gasteiger partial charge in [0.25, 0.3) is 0 Å². The number of hydrogen-bond donors (Lipinski definition) is 1. The zero-order chi connectivity index (χ0) is 13.0. The SMILES string of the molecule is CCCNc1cc(N2CCS(=O)(=O)CC2)ncn1. The Morgan fingerprint density at radius 1 is 1.33 bits per heavy atom. The third kappa shape index (κ3) is 3.32. The number of nitrogens with zero attached hydrogens (tertiary/aromatic N) is 3. The van der Waals surface area contributed by atoms with Gasteiger partial charge in [-0.05, 0) is 6.42 Å². The number of sulfone groups is 1. The van der Waals surface area contributed by atoms with Crippen molar-refractivity contribution in [2.45, 2.75) is 13.3 Å². The maximum Gasteiger partial charge on any atom is 0.153 e. The van der Waals surface area contributed by atoms with Gasteiger partial charge >= 0.3 is 0 Å². The van der Waals surface area contributed by atoms with Crippen molar-refractivity contribution >= 4 is 21.5 Å². The minimum atomic E-state index is -2.85. The third-order valence-corrected chi connectivity index (χ3v) is 4.49. The Bertz CT molecular complexity index is 490. The first-order valence-corrected chi connectivity index (χ1v) is 7.94. The van der Waals surface area contributed by atoms with Gasteiger partial charge in [0.1, 0.15) is 18.0 Å². The summed E-state index contributed by atoms with van der Waals surface area (Å²) in [5, 5.41) is 3.19. The van der Waals surface area contributed by atoms with E-state index >= 15 is 0 Å². The molecule has 2 heterocycles. The summed E-state index contributed by atoms with van der Waals surface area (Å²) >= 11 is 0. The molecule has 0 atom stereocenters. The lowest BCUT2D eigenvalue weighted by Gasteiger charge is -2.27. The highest BCUT2D eigenvalue weighted by Gasteiger charge is 2.22. The van der Waals surface area contributed by atoms with Gasteiger partial charge in [0.05, 0.1) is 11.5 Å². The highest BCUT2D eigenvalue weighted by Crippen LogP contribution is 2.16. The summed E-state index contributed by atoms with van der Waals surface area (Å²) in [6, 6.07) is 1.87. The van der Waals surface area contributed by atoms with Crippen molar-refractivity contribution in [1.82, 2.24) is 9.97 Å². The van der Waals surface area contributed by atoms with Crippen LogP contribution in [-0.2, 0) is 9.84 Å². The van der Waals surface area contributed by atoms with Crippen LogP contribution in [-0.4, -0.2) is 49.5 Å². The van der Waals surface area contributed by atoms with Gasteiger partial charge in [0.2, 0.25) is 0 Å². The van der Waals surface area contributed by atoms with Gasteiger partial charge in [-0.1, -0.05) is 6.92 Å². The second kappa shape index (κ2) is 5.51. The highest BCUT2D eigenvalue weighted by atomic mass is 32.2. The molecule has 6 nitrogen and oxygen atoms in total. The number of hydrogen-bond acceptors (Lipinski definition) is 6. The van der Waals surface area contributed by atoms with Gasteiger partial charge in [-0.3, -0.25) is 0 Å². The summed E-state index contributed by atoms with van der Waals surface area (Å²) in [6.07, 6.45) is 2.54. The molecule has 1 saturated heterocycles. The van der Waals surface area contributed by atoms with Crippen LogP contribution in [0.1, 0.15) is 13.3 Å². The molecule has 0 unspecified atom stereocenters. The molecule has 0 bridgehead atoms. The Morgan fingerprint density at radius 3 is 2.72 bits per heavy atom. The molecule has 0 saturated carbocycles. The van der Waals surface area contributed by atoms with Gasteiger partial charge in [-0.25, -0.2) is 18.4 Å². The first-order valence-electron chi connectivity index (χ1n) is 6.12. The van der Waals surface area contributed by atoms with Crippen molar-refractivity contribution < 1.29 is 8.42 Å². The van der Waals surface area contributed by atoms with Crippen molar-refractivity contribution in [1.29, 1.82) is 0 Å². The minimum absolute atomic E-state index is 0.203. The van der Waals surface area contributed by atoms with Gasteiger partial charge < -0.3 is 10.2 Å². The monoisotopic (exact) mass is 270 g/mol. The molecule has 1 aromatic rings. The van der Waals surface area contributed by atoms with Crippen LogP contribution >= 0.6 is 0 Å². The molecule has 1 aliphatic heterocycles.